The first kappa shape index (κ1) is 22.2. The Morgan fingerprint density at radius 2 is 1.88 bits per heavy atom. The van der Waals surface area contributed by atoms with Crippen molar-refractivity contribution in [1.82, 2.24) is 14.8 Å². The maximum Gasteiger partial charge on any atom is 0.150 e. The molecular formula is C26H31N3O3S. The number of ether oxygens (including phenoxy) is 1. The Balaban J connectivity index is 1.77. The highest BCUT2D eigenvalue weighted by molar-refractivity contribution is 7.91. The number of aromatic nitrogens is 3. The number of hydrogen-bond donors (Lipinski definition) is 1. The third kappa shape index (κ3) is 4.08. The van der Waals surface area contributed by atoms with Crippen molar-refractivity contribution in [2.24, 2.45) is 5.92 Å². The molecule has 1 aliphatic heterocycles. The van der Waals surface area contributed by atoms with Crippen LogP contribution in [0.15, 0.2) is 48.7 Å². The van der Waals surface area contributed by atoms with Crippen LogP contribution in [0.25, 0.3) is 27.5 Å². The van der Waals surface area contributed by atoms with Gasteiger partial charge in [-0.25, -0.2) is 8.42 Å². The zero-order chi connectivity index (χ0) is 23.2. The number of aromatic amines is 1. The molecule has 7 heteroatoms. The highest BCUT2D eigenvalue weighted by Crippen LogP contribution is 2.41. The molecule has 0 saturated carbocycles. The van der Waals surface area contributed by atoms with E-state index in [0.29, 0.717) is 12.5 Å². The van der Waals surface area contributed by atoms with Crippen molar-refractivity contribution in [3.8, 4) is 5.69 Å². The molecule has 2 aromatic heterocycles. The number of fused-ring (bicyclic) bond motifs is 2. The summed E-state index contributed by atoms with van der Waals surface area (Å²) in [5.41, 5.74) is 5.55. The summed E-state index contributed by atoms with van der Waals surface area (Å²) >= 11 is 0. The Morgan fingerprint density at radius 3 is 2.58 bits per heavy atom. The minimum atomic E-state index is -2.90. The zero-order valence-corrected chi connectivity index (χ0v) is 20.3. The molecular weight excluding hydrogens is 434 g/mol. The number of methoxy groups -OCH3 is 1. The summed E-state index contributed by atoms with van der Waals surface area (Å²) < 4.78 is 32.1. The van der Waals surface area contributed by atoms with Gasteiger partial charge in [0.25, 0.3) is 0 Å². The van der Waals surface area contributed by atoms with Gasteiger partial charge in [0.1, 0.15) is 9.84 Å². The largest absolute Gasteiger partial charge is 0.384 e. The van der Waals surface area contributed by atoms with Crippen LogP contribution >= 0.6 is 0 Å². The molecule has 1 N–H and O–H groups in total. The second kappa shape index (κ2) is 8.29. The van der Waals surface area contributed by atoms with Crippen LogP contribution in [0.5, 0.6) is 0 Å². The van der Waals surface area contributed by atoms with E-state index in [4.69, 9.17) is 4.74 Å². The average molecular weight is 466 g/mol. The summed E-state index contributed by atoms with van der Waals surface area (Å²) in [6.45, 7) is 5.04. The summed E-state index contributed by atoms with van der Waals surface area (Å²) in [7, 11) is -1.15. The molecule has 0 atom stereocenters. The number of para-hydroxylation sites is 1. The van der Waals surface area contributed by atoms with E-state index in [-0.39, 0.29) is 16.9 Å². The van der Waals surface area contributed by atoms with E-state index < -0.39 is 9.84 Å². The van der Waals surface area contributed by atoms with Gasteiger partial charge in [-0.3, -0.25) is 5.10 Å². The van der Waals surface area contributed by atoms with Gasteiger partial charge in [-0.2, -0.15) is 5.10 Å². The van der Waals surface area contributed by atoms with Crippen molar-refractivity contribution in [2.75, 3.05) is 25.2 Å². The fraction of sp³-hybridized carbons (Fsp3) is 0.423. The van der Waals surface area contributed by atoms with Gasteiger partial charge in [-0.15, -0.1) is 0 Å². The zero-order valence-electron chi connectivity index (χ0n) is 19.5. The van der Waals surface area contributed by atoms with Crippen LogP contribution in [0.1, 0.15) is 37.9 Å². The summed E-state index contributed by atoms with van der Waals surface area (Å²) in [5, 5.41) is 9.64. The van der Waals surface area contributed by atoms with Gasteiger partial charge in [0.2, 0.25) is 0 Å². The van der Waals surface area contributed by atoms with E-state index in [1.165, 1.54) is 16.6 Å². The van der Waals surface area contributed by atoms with Gasteiger partial charge in [-0.05, 0) is 55.0 Å². The third-order valence-electron chi connectivity index (χ3n) is 6.96. The lowest BCUT2D eigenvalue weighted by Gasteiger charge is -2.30. The average Bonchev–Trinajstić information content (AvgIpc) is 3.36. The molecule has 0 bridgehead atoms. The van der Waals surface area contributed by atoms with E-state index in [1.807, 2.05) is 12.3 Å². The summed E-state index contributed by atoms with van der Waals surface area (Å²) in [6, 6.07) is 14.9. The molecule has 3 heterocycles. The van der Waals surface area contributed by atoms with Crippen LogP contribution in [-0.2, 0) is 26.4 Å². The Labute approximate surface area is 194 Å². The van der Waals surface area contributed by atoms with Gasteiger partial charge in [0.15, 0.2) is 0 Å². The second-order valence-corrected chi connectivity index (χ2v) is 12.2. The first-order valence-corrected chi connectivity index (χ1v) is 13.4. The fourth-order valence-electron chi connectivity index (χ4n) is 5.41. The molecule has 4 aromatic rings. The lowest BCUT2D eigenvalue weighted by molar-refractivity contribution is 0.143. The lowest BCUT2D eigenvalue weighted by atomic mass is 9.83. The topological polar surface area (TPSA) is 77.0 Å². The summed E-state index contributed by atoms with van der Waals surface area (Å²) in [5.74, 6) is 0.922. The number of nitrogens with zero attached hydrogens (tertiary/aromatic N) is 2. The summed E-state index contributed by atoms with van der Waals surface area (Å²) in [4.78, 5) is 0. The normalized spacial score (nSPS) is 17.2. The van der Waals surface area contributed by atoms with Gasteiger partial charge in [-0.1, -0.05) is 32.0 Å². The Bertz CT molecular complexity index is 1390. The molecule has 2 aromatic carbocycles. The molecule has 0 spiro atoms. The molecule has 174 valence electrons. The van der Waals surface area contributed by atoms with Crippen LogP contribution < -0.4 is 0 Å². The molecule has 0 unspecified atom stereocenters. The second-order valence-electron chi connectivity index (χ2n) is 9.94. The number of nitrogens with one attached hydrogen (secondary N) is 1. The SMILES string of the molecule is COCC(C)(C)c1c(CC2CCS(=O)(=O)CC2)c2cc3[nH]ncc3cc2n1-c1ccccc1. The Kier molecular flexibility index (Phi) is 5.57. The fourth-order valence-corrected chi connectivity index (χ4v) is 7.00. The molecule has 0 radical (unpaired) electrons. The number of H-pyrrole nitrogens is 1. The number of rotatable bonds is 6. The summed E-state index contributed by atoms with van der Waals surface area (Å²) in [6.07, 6.45) is 4.16. The van der Waals surface area contributed by atoms with Crippen molar-refractivity contribution in [3.05, 3.63) is 59.9 Å². The van der Waals surface area contributed by atoms with Crippen LogP contribution in [0.2, 0.25) is 0 Å². The molecule has 1 saturated heterocycles. The van der Waals surface area contributed by atoms with Gasteiger partial charge in [0, 0.05) is 34.7 Å². The van der Waals surface area contributed by atoms with Crippen LogP contribution in [0.4, 0.5) is 0 Å². The number of benzene rings is 2. The standard InChI is InChI=1S/C26H31N3O3S/c1-26(2,17-32-3)25-22(13-18-9-11-33(30,31)12-10-18)21-15-23-19(16-27-28-23)14-24(21)29(25)20-7-5-4-6-8-20/h4-8,14-16,18H,9-13,17H2,1-3H3,(H,27,28). The quantitative estimate of drug-likeness (QED) is 0.444. The first-order chi connectivity index (χ1) is 15.8. The van der Waals surface area contributed by atoms with Crippen LogP contribution in [0, 0.1) is 5.92 Å². The van der Waals surface area contributed by atoms with Crippen LogP contribution in [-0.4, -0.2) is 48.4 Å². The van der Waals surface area contributed by atoms with Crippen molar-refractivity contribution in [2.45, 2.75) is 38.5 Å². The Hall–Kier alpha value is -2.64. The van der Waals surface area contributed by atoms with E-state index in [9.17, 15) is 8.42 Å². The maximum atomic E-state index is 12.0. The van der Waals surface area contributed by atoms with Crippen molar-refractivity contribution in [1.29, 1.82) is 0 Å². The molecule has 1 fully saturated rings. The van der Waals surface area contributed by atoms with E-state index in [0.717, 1.165) is 41.4 Å². The highest BCUT2D eigenvalue weighted by atomic mass is 32.2. The maximum absolute atomic E-state index is 12.0. The molecule has 0 aliphatic carbocycles. The Morgan fingerprint density at radius 1 is 1.15 bits per heavy atom. The smallest absolute Gasteiger partial charge is 0.150 e. The minimum absolute atomic E-state index is 0.244. The monoisotopic (exact) mass is 465 g/mol. The predicted molar refractivity (Wildman–Crippen MR) is 133 cm³/mol. The minimum Gasteiger partial charge on any atom is -0.384 e. The molecule has 6 nitrogen and oxygen atoms in total. The molecule has 33 heavy (non-hydrogen) atoms. The van der Waals surface area contributed by atoms with E-state index in [1.54, 1.807) is 7.11 Å². The lowest BCUT2D eigenvalue weighted by Crippen LogP contribution is -2.29. The van der Waals surface area contributed by atoms with Crippen molar-refractivity contribution < 1.29 is 13.2 Å². The molecule has 0 amide bonds. The van der Waals surface area contributed by atoms with Crippen molar-refractivity contribution >= 4 is 31.6 Å². The van der Waals surface area contributed by atoms with Gasteiger partial charge >= 0.3 is 0 Å². The third-order valence-corrected chi connectivity index (χ3v) is 8.68. The molecule has 1 aliphatic rings. The number of sulfone groups is 1. The molecule has 5 rings (SSSR count). The number of hydrogen-bond acceptors (Lipinski definition) is 4. The van der Waals surface area contributed by atoms with Gasteiger partial charge < -0.3 is 9.30 Å². The highest BCUT2D eigenvalue weighted by Gasteiger charge is 2.33. The predicted octanol–water partition coefficient (Wildman–Crippen LogP) is 4.80. The van der Waals surface area contributed by atoms with Crippen molar-refractivity contribution in [3.63, 3.8) is 0 Å². The van der Waals surface area contributed by atoms with E-state index in [2.05, 4.69) is 65.0 Å². The van der Waals surface area contributed by atoms with E-state index >= 15 is 0 Å². The van der Waals surface area contributed by atoms with Gasteiger partial charge in [0.05, 0.1) is 35.3 Å². The first-order valence-electron chi connectivity index (χ1n) is 11.5. The van der Waals surface area contributed by atoms with Crippen LogP contribution in [0.3, 0.4) is 0 Å².